The molecule has 0 saturated heterocycles. The Morgan fingerprint density at radius 1 is 0.933 bits per heavy atom. The summed E-state index contributed by atoms with van der Waals surface area (Å²) in [4.78, 5) is 9.86. The Bertz CT molecular complexity index is 1210. The van der Waals surface area contributed by atoms with E-state index in [1.54, 1.807) is 0 Å². The molecule has 1 aliphatic rings. The van der Waals surface area contributed by atoms with E-state index < -0.39 is 0 Å². The van der Waals surface area contributed by atoms with Crippen LogP contribution in [0.25, 0.3) is 11.1 Å². The van der Waals surface area contributed by atoms with Gasteiger partial charge in [0.2, 0.25) is 0 Å². The third-order valence-electron chi connectivity index (χ3n) is 5.76. The van der Waals surface area contributed by atoms with Gasteiger partial charge >= 0.3 is 0 Å². The van der Waals surface area contributed by atoms with Gasteiger partial charge in [-0.25, -0.2) is 9.67 Å². The maximum atomic E-state index is 5.19. The number of nitrogens with zero attached hydrogens (tertiary/aromatic N) is 4. The van der Waals surface area contributed by atoms with Gasteiger partial charge in [0.15, 0.2) is 5.82 Å². The van der Waals surface area contributed by atoms with Crippen molar-refractivity contribution in [1.29, 1.82) is 0 Å². The van der Waals surface area contributed by atoms with Gasteiger partial charge in [-0.2, -0.15) is 5.10 Å². The molecule has 0 N–H and O–H groups in total. The standard InChI is InChI=1S/C26H24N4/c1-3-21-25(19-12-5-4-6-13-19)26-28-23(20-14-8-7-11-18(20)2)17-24(30(26)29-21)22-15-9-10-16-27-22/h4-16,24H,3,17H2,1-2H3. The number of benzene rings is 2. The Balaban J connectivity index is 1.77. The van der Waals surface area contributed by atoms with E-state index in [0.29, 0.717) is 0 Å². The predicted molar refractivity (Wildman–Crippen MR) is 121 cm³/mol. The van der Waals surface area contributed by atoms with E-state index in [-0.39, 0.29) is 6.04 Å². The fraction of sp³-hybridized carbons (Fsp3) is 0.192. The van der Waals surface area contributed by atoms with E-state index in [1.807, 2.05) is 24.4 Å². The van der Waals surface area contributed by atoms with Gasteiger partial charge in [-0.15, -0.1) is 0 Å². The lowest BCUT2D eigenvalue weighted by molar-refractivity contribution is 0.516. The molecule has 30 heavy (non-hydrogen) atoms. The highest BCUT2D eigenvalue weighted by Crippen LogP contribution is 2.41. The Hall–Kier alpha value is -3.53. The summed E-state index contributed by atoms with van der Waals surface area (Å²) in [6, 6.07) is 25.1. The quantitative estimate of drug-likeness (QED) is 0.432. The molecule has 2 aromatic heterocycles. The zero-order chi connectivity index (χ0) is 20.5. The lowest BCUT2D eigenvalue weighted by Gasteiger charge is -2.25. The first-order valence-electron chi connectivity index (χ1n) is 10.5. The number of aromatic nitrogens is 3. The van der Waals surface area contributed by atoms with Crippen molar-refractivity contribution in [3.05, 3.63) is 102 Å². The maximum absolute atomic E-state index is 5.19. The summed E-state index contributed by atoms with van der Waals surface area (Å²) >= 11 is 0. The first kappa shape index (κ1) is 18.5. The van der Waals surface area contributed by atoms with Crippen LogP contribution < -0.4 is 0 Å². The Morgan fingerprint density at radius 2 is 1.70 bits per heavy atom. The van der Waals surface area contributed by atoms with Crippen molar-refractivity contribution in [1.82, 2.24) is 14.8 Å². The maximum Gasteiger partial charge on any atom is 0.159 e. The minimum Gasteiger partial charge on any atom is -0.259 e. The fourth-order valence-corrected chi connectivity index (χ4v) is 4.26. The van der Waals surface area contributed by atoms with E-state index in [2.05, 4.69) is 78.1 Å². The molecule has 1 aliphatic heterocycles. The second-order valence-corrected chi connectivity index (χ2v) is 7.66. The molecule has 0 spiro atoms. The van der Waals surface area contributed by atoms with Crippen molar-refractivity contribution < 1.29 is 0 Å². The largest absolute Gasteiger partial charge is 0.259 e. The summed E-state index contributed by atoms with van der Waals surface area (Å²) in [5.74, 6) is 0.929. The molecule has 0 aliphatic carbocycles. The minimum absolute atomic E-state index is 0.0241. The summed E-state index contributed by atoms with van der Waals surface area (Å²) in [5, 5.41) is 5.02. The third-order valence-corrected chi connectivity index (χ3v) is 5.76. The van der Waals surface area contributed by atoms with Crippen LogP contribution in [0.3, 0.4) is 0 Å². The van der Waals surface area contributed by atoms with Gasteiger partial charge in [0, 0.05) is 18.2 Å². The first-order valence-corrected chi connectivity index (χ1v) is 10.5. The average Bonchev–Trinajstić information content (AvgIpc) is 3.18. The Kier molecular flexibility index (Phi) is 4.75. The van der Waals surface area contributed by atoms with Crippen molar-refractivity contribution in [2.75, 3.05) is 0 Å². The molecule has 0 saturated carbocycles. The molecule has 1 unspecified atom stereocenters. The summed E-state index contributed by atoms with van der Waals surface area (Å²) in [6.45, 7) is 4.30. The molecule has 5 rings (SSSR count). The van der Waals surface area contributed by atoms with Gasteiger partial charge in [-0.1, -0.05) is 67.6 Å². The molecule has 0 radical (unpaired) electrons. The third kappa shape index (κ3) is 3.14. The van der Waals surface area contributed by atoms with Crippen LogP contribution in [0.4, 0.5) is 5.82 Å². The fourth-order valence-electron chi connectivity index (χ4n) is 4.26. The average molecular weight is 393 g/mol. The van der Waals surface area contributed by atoms with Crippen molar-refractivity contribution in [2.45, 2.75) is 32.7 Å². The van der Waals surface area contributed by atoms with Crippen LogP contribution in [-0.4, -0.2) is 20.5 Å². The first-order chi connectivity index (χ1) is 14.8. The van der Waals surface area contributed by atoms with E-state index in [4.69, 9.17) is 10.1 Å². The molecule has 0 fully saturated rings. The molecule has 2 aromatic carbocycles. The van der Waals surface area contributed by atoms with Gasteiger partial charge in [0.25, 0.3) is 0 Å². The number of pyridine rings is 1. The lowest BCUT2D eigenvalue weighted by atomic mass is 9.95. The number of rotatable bonds is 4. The molecular weight excluding hydrogens is 368 g/mol. The number of aliphatic imine (C=N–C) groups is 1. The van der Waals surface area contributed by atoms with Gasteiger partial charge in [-0.3, -0.25) is 4.98 Å². The Morgan fingerprint density at radius 3 is 2.43 bits per heavy atom. The highest BCUT2D eigenvalue weighted by Gasteiger charge is 2.31. The Labute approximate surface area is 177 Å². The summed E-state index contributed by atoms with van der Waals surface area (Å²) in [5.41, 5.74) is 7.91. The summed E-state index contributed by atoms with van der Waals surface area (Å²) in [7, 11) is 0. The van der Waals surface area contributed by atoms with Crippen LogP contribution in [-0.2, 0) is 6.42 Å². The molecule has 1 atom stereocenters. The van der Waals surface area contributed by atoms with Crippen molar-refractivity contribution in [3.8, 4) is 11.1 Å². The van der Waals surface area contributed by atoms with Crippen LogP contribution in [0.2, 0.25) is 0 Å². The summed E-state index contributed by atoms with van der Waals surface area (Å²) < 4.78 is 2.09. The molecule has 4 aromatic rings. The molecule has 0 amide bonds. The van der Waals surface area contributed by atoms with E-state index in [9.17, 15) is 0 Å². The number of aryl methyl sites for hydroxylation is 2. The minimum atomic E-state index is 0.0241. The lowest BCUT2D eigenvalue weighted by Crippen LogP contribution is -2.22. The summed E-state index contributed by atoms with van der Waals surface area (Å²) in [6.07, 6.45) is 3.48. The molecule has 148 valence electrons. The van der Waals surface area contributed by atoms with Gasteiger partial charge in [0.1, 0.15) is 6.04 Å². The second-order valence-electron chi connectivity index (χ2n) is 7.66. The molecule has 4 heteroatoms. The van der Waals surface area contributed by atoms with E-state index in [0.717, 1.165) is 46.9 Å². The zero-order valence-corrected chi connectivity index (χ0v) is 17.3. The smallest absolute Gasteiger partial charge is 0.159 e. The highest BCUT2D eigenvalue weighted by molar-refractivity contribution is 6.05. The van der Waals surface area contributed by atoms with Crippen LogP contribution >= 0.6 is 0 Å². The molecule has 4 nitrogen and oxygen atoms in total. The molecule has 3 heterocycles. The van der Waals surface area contributed by atoms with Crippen LogP contribution in [0.1, 0.15) is 41.9 Å². The van der Waals surface area contributed by atoms with Gasteiger partial charge in [-0.05, 0) is 42.2 Å². The topological polar surface area (TPSA) is 43.1 Å². The highest BCUT2D eigenvalue weighted by atomic mass is 15.4. The van der Waals surface area contributed by atoms with Crippen molar-refractivity contribution in [2.24, 2.45) is 4.99 Å². The van der Waals surface area contributed by atoms with Crippen molar-refractivity contribution in [3.63, 3.8) is 0 Å². The van der Waals surface area contributed by atoms with Crippen LogP contribution in [0.5, 0.6) is 0 Å². The van der Waals surface area contributed by atoms with Gasteiger partial charge in [0.05, 0.1) is 17.1 Å². The monoisotopic (exact) mass is 392 g/mol. The normalized spacial score (nSPS) is 15.5. The molecular formula is C26H24N4. The number of hydrogen-bond donors (Lipinski definition) is 0. The SMILES string of the molecule is CCc1nn2c(c1-c1ccccc1)N=C(c1ccccc1C)CC2c1ccccn1. The van der Waals surface area contributed by atoms with E-state index in [1.165, 1.54) is 11.1 Å². The molecule has 0 bridgehead atoms. The zero-order valence-electron chi connectivity index (χ0n) is 17.3. The second kappa shape index (κ2) is 7.71. The van der Waals surface area contributed by atoms with Crippen LogP contribution in [0.15, 0.2) is 84.0 Å². The predicted octanol–water partition coefficient (Wildman–Crippen LogP) is 5.93. The van der Waals surface area contributed by atoms with E-state index >= 15 is 0 Å². The van der Waals surface area contributed by atoms with Gasteiger partial charge < -0.3 is 0 Å². The number of hydrogen-bond acceptors (Lipinski definition) is 3. The van der Waals surface area contributed by atoms with Crippen LogP contribution in [0, 0.1) is 6.92 Å². The van der Waals surface area contributed by atoms with Crippen molar-refractivity contribution >= 4 is 11.5 Å². The number of fused-ring (bicyclic) bond motifs is 1.